The van der Waals surface area contributed by atoms with E-state index in [-0.39, 0.29) is 0 Å². The van der Waals surface area contributed by atoms with Gasteiger partial charge in [-0.1, -0.05) is 11.3 Å². The minimum Gasteiger partial charge on any atom is -0.381 e. The first-order chi connectivity index (χ1) is 7.09. The molecular formula is C11H14N4. The van der Waals surface area contributed by atoms with Crippen molar-refractivity contribution in [3.63, 3.8) is 0 Å². The Morgan fingerprint density at radius 2 is 1.87 bits per heavy atom. The molecule has 0 amide bonds. The standard InChI is InChI=1S/C11H14N4/c1-7-4-5-10(6-8(7)2)15-9(3)11(12)13-14-15/h4-6H,12H2,1-3H3. The molecule has 0 saturated heterocycles. The summed E-state index contributed by atoms with van der Waals surface area (Å²) in [4.78, 5) is 0. The van der Waals surface area contributed by atoms with Crippen LogP contribution in [0.25, 0.3) is 5.69 Å². The zero-order valence-electron chi connectivity index (χ0n) is 9.15. The summed E-state index contributed by atoms with van der Waals surface area (Å²) >= 11 is 0. The van der Waals surface area contributed by atoms with E-state index in [0.717, 1.165) is 11.4 Å². The minimum absolute atomic E-state index is 0.480. The third kappa shape index (κ3) is 1.58. The number of anilines is 1. The Hall–Kier alpha value is -1.84. The Bertz CT molecular complexity index is 499. The van der Waals surface area contributed by atoms with Gasteiger partial charge in [-0.2, -0.15) is 0 Å². The van der Waals surface area contributed by atoms with Gasteiger partial charge >= 0.3 is 0 Å². The van der Waals surface area contributed by atoms with E-state index in [0.29, 0.717) is 5.82 Å². The van der Waals surface area contributed by atoms with Gasteiger partial charge in [0.05, 0.1) is 11.4 Å². The smallest absolute Gasteiger partial charge is 0.169 e. The zero-order chi connectivity index (χ0) is 11.0. The highest BCUT2D eigenvalue weighted by atomic mass is 15.4. The molecule has 1 aromatic heterocycles. The molecule has 0 aliphatic rings. The van der Waals surface area contributed by atoms with E-state index in [1.807, 2.05) is 13.0 Å². The molecule has 0 aliphatic carbocycles. The van der Waals surface area contributed by atoms with E-state index < -0.39 is 0 Å². The van der Waals surface area contributed by atoms with Crippen molar-refractivity contribution in [3.8, 4) is 5.69 Å². The Morgan fingerprint density at radius 3 is 2.40 bits per heavy atom. The van der Waals surface area contributed by atoms with E-state index in [9.17, 15) is 0 Å². The average molecular weight is 202 g/mol. The predicted molar refractivity (Wildman–Crippen MR) is 60.0 cm³/mol. The van der Waals surface area contributed by atoms with Crippen LogP contribution >= 0.6 is 0 Å². The number of nitrogens with zero attached hydrogens (tertiary/aromatic N) is 3. The number of nitrogen functional groups attached to an aromatic ring is 1. The van der Waals surface area contributed by atoms with Crippen molar-refractivity contribution in [2.75, 3.05) is 5.73 Å². The number of aryl methyl sites for hydroxylation is 2. The molecule has 2 N–H and O–H groups in total. The van der Waals surface area contributed by atoms with Gasteiger partial charge in [-0.25, -0.2) is 4.68 Å². The summed E-state index contributed by atoms with van der Waals surface area (Å²) in [6.45, 7) is 6.07. The highest BCUT2D eigenvalue weighted by Gasteiger charge is 2.07. The average Bonchev–Trinajstić information content (AvgIpc) is 2.53. The summed E-state index contributed by atoms with van der Waals surface area (Å²) in [6, 6.07) is 6.17. The fourth-order valence-corrected chi connectivity index (χ4v) is 1.44. The van der Waals surface area contributed by atoms with Gasteiger partial charge < -0.3 is 5.73 Å². The second-order valence-electron chi connectivity index (χ2n) is 3.74. The lowest BCUT2D eigenvalue weighted by atomic mass is 10.1. The van der Waals surface area contributed by atoms with Gasteiger partial charge in [-0.05, 0) is 44.0 Å². The molecule has 0 atom stereocenters. The molecule has 15 heavy (non-hydrogen) atoms. The molecule has 0 bridgehead atoms. The van der Waals surface area contributed by atoms with E-state index >= 15 is 0 Å². The van der Waals surface area contributed by atoms with Gasteiger partial charge in [0.25, 0.3) is 0 Å². The second kappa shape index (κ2) is 3.38. The van der Waals surface area contributed by atoms with Gasteiger partial charge in [-0.15, -0.1) is 5.10 Å². The van der Waals surface area contributed by atoms with Gasteiger partial charge in [-0.3, -0.25) is 0 Å². The van der Waals surface area contributed by atoms with Gasteiger partial charge in [0, 0.05) is 0 Å². The fraction of sp³-hybridized carbons (Fsp3) is 0.273. The number of hydrogen-bond donors (Lipinski definition) is 1. The van der Waals surface area contributed by atoms with Crippen LogP contribution in [-0.4, -0.2) is 15.0 Å². The Balaban J connectivity index is 2.55. The molecule has 0 aliphatic heterocycles. The van der Waals surface area contributed by atoms with Crippen molar-refractivity contribution in [2.45, 2.75) is 20.8 Å². The van der Waals surface area contributed by atoms with Gasteiger partial charge in [0.1, 0.15) is 0 Å². The number of rotatable bonds is 1. The Kier molecular flexibility index (Phi) is 2.19. The maximum Gasteiger partial charge on any atom is 0.169 e. The van der Waals surface area contributed by atoms with Crippen LogP contribution in [0.4, 0.5) is 5.82 Å². The normalized spacial score (nSPS) is 10.6. The molecule has 0 spiro atoms. The van der Waals surface area contributed by atoms with Crippen molar-refractivity contribution in [1.82, 2.24) is 15.0 Å². The van der Waals surface area contributed by atoms with E-state index in [2.05, 4.69) is 36.3 Å². The predicted octanol–water partition coefficient (Wildman–Crippen LogP) is 1.77. The third-order valence-corrected chi connectivity index (χ3v) is 2.67. The first-order valence-corrected chi connectivity index (χ1v) is 4.85. The molecule has 0 fully saturated rings. The molecule has 0 unspecified atom stereocenters. The van der Waals surface area contributed by atoms with Crippen molar-refractivity contribution in [3.05, 3.63) is 35.0 Å². The summed E-state index contributed by atoms with van der Waals surface area (Å²) in [5, 5.41) is 7.83. The lowest BCUT2D eigenvalue weighted by molar-refractivity contribution is 0.784. The lowest BCUT2D eigenvalue weighted by Crippen LogP contribution is -2.00. The van der Waals surface area contributed by atoms with Crippen LogP contribution in [0.5, 0.6) is 0 Å². The van der Waals surface area contributed by atoms with Crippen molar-refractivity contribution in [2.24, 2.45) is 0 Å². The molecule has 4 nitrogen and oxygen atoms in total. The maximum atomic E-state index is 5.65. The van der Waals surface area contributed by atoms with E-state index in [1.165, 1.54) is 11.1 Å². The van der Waals surface area contributed by atoms with Gasteiger partial charge in [0.2, 0.25) is 0 Å². The van der Waals surface area contributed by atoms with Crippen LogP contribution in [-0.2, 0) is 0 Å². The zero-order valence-corrected chi connectivity index (χ0v) is 9.15. The second-order valence-corrected chi connectivity index (χ2v) is 3.74. The molecule has 78 valence electrons. The summed E-state index contributed by atoms with van der Waals surface area (Å²) in [5.41, 5.74) is 10.0. The summed E-state index contributed by atoms with van der Waals surface area (Å²) < 4.78 is 1.75. The van der Waals surface area contributed by atoms with Crippen molar-refractivity contribution >= 4 is 5.82 Å². The van der Waals surface area contributed by atoms with Crippen LogP contribution in [0.2, 0.25) is 0 Å². The summed E-state index contributed by atoms with van der Waals surface area (Å²) in [7, 11) is 0. The molecule has 0 saturated carbocycles. The van der Waals surface area contributed by atoms with Crippen molar-refractivity contribution < 1.29 is 0 Å². The molecule has 2 rings (SSSR count). The van der Waals surface area contributed by atoms with Crippen LogP contribution in [0.1, 0.15) is 16.8 Å². The highest BCUT2D eigenvalue weighted by molar-refractivity contribution is 5.43. The highest BCUT2D eigenvalue weighted by Crippen LogP contribution is 2.16. The number of hydrogen-bond acceptors (Lipinski definition) is 3. The first kappa shape index (κ1) is 9.71. The first-order valence-electron chi connectivity index (χ1n) is 4.85. The molecule has 4 heteroatoms. The number of benzene rings is 1. The molecule has 1 aromatic carbocycles. The van der Waals surface area contributed by atoms with E-state index in [1.54, 1.807) is 4.68 Å². The molecular weight excluding hydrogens is 188 g/mol. The van der Waals surface area contributed by atoms with Crippen LogP contribution in [0.15, 0.2) is 18.2 Å². The Morgan fingerprint density at radius 1 is 1.13 bits per heavy atom. The topological polar surface area (TPSA) is 56.7 Å². The Labute approximate surface area is 88.7 Å². The largest absolute Gasteiger partial charge is 0.381 e. The summed E-state index contributed by atoms with van der Waals surface area (Å²) in [5.74, 6) is 0.480. The molecule has 0 radical (unpaired) electrons. The fourth-order valence-electron chi connectivity index (χ4n) is 1.44. The maximum absolute atomic E-state index is 5.65. The van der Waals surface area contributed by atoms with E-state index in [4.69, 9.17) is 5.73 Å². The number of nitrogens with two attached hydrogens (primary N) is 1. The monoisotopic (exact) mass is 202 g/mol. The third-order valence-electron chi connectivity index (χ3n) is 2.67. The minimum atomic E-state index is 0.480. The molecule has 1 heterocycles. The quantitative estimate of drug-likeness (QED) is 0.766. The molecule has 2 aromatic rings. The summed E-state index contributed by atoms with van der Waals surface area (Å²) in [6.07, 6.45) is 0. The van der Waals surface area contributed by atoms with Gasteiger partial charge in [0.15, 0.2) is 5.82 Å². The van der Waals surface area contributed by atoms with Crippen LogP contribution < -0.4 is 5.73 Å². The number of aromatic nitrogens is 3. The van der Waals surface area contributed by atoms with Crippen molar-refractivity contribution in [1.29, 1.82) is 0 Å². The van der Waals surface area contributed by atoms with Crippen LogP contribution in [0, 0.1) is 20.8 Å². The lowest BCUT2D eigenvalue weighted by Gasteiger charge is -2.06. The SMILES string of the molecule is Cc1ccc(-n2nnc(N)c2C)cc1C. The van der Waals surface area contributed by atoms with Crippen LogP contribution in [0.3, 0.4) is 0 Å².